The summed E-state index contributed by atoms with van der Waals surface area (Å²) >= 11 is 5.87. The Labute approximate surface area is 116 Å². The van der Waals surface area contributed by atoms with Gasteiger partial charge in [-0.25, -0.2) is 13.1 Å². The second-order valence-electron chi connectivity index (χ2n) is 3.58. The molecule has 0 aliphatic heterocycles. The van der Waals surface area contributed by atoms with Crippen molar-refractivity contribution in [1.29, 1.82) is 0 Å². The second-order valence-corrected chi connectivity index (χ2v) is 7.10. The van der Waals surface area contributed by atoms with Crippen molar-refractivity contribution in [3.63, 3.8) is 0 Å². The molecule has 8 heteroatoms. The van der Waals surface area contributed by atoms with E-state index < -0.39 is 10.0 Å². The van der Waals surface area contributed by atoms with Gasteiger partial charge < -0.3 is 10.5 Å². The van der Waals surface area contributed by atoms with E-state index in [0.717, 1.165) is 24.2 Å². The molecular formula is C10H16N2O3S3. The topological polar surface area (TPSA) is 81.4 Å². The average molecular weight is 308 g/mol. The summed E-state index contributed by atoms with van der Waals surface area (Å²) in [6, 6.07) is 3.13. The SMILES string of the molecule is COCCCCNS(=O)(=O)c1ccc(C(N)=S)s1. The molecular weight excluding hydrogens is 292 g/mol. The summed E-state index contributed by atoms with van der Waals surface area (Å²) in [5, 5.41) is 0. The first-order chi connectivity index (χ1) is 8.47. The van der Waals surface area contributed by atoms with Crippen molar-refractivity contribution < 1.29 is 13.2 Å². The first-order valence-corrected chi connectivity index (χ1v) is 8.06. The van der Waals surface area contributed by atoms with E-state index in [2.05, 4.69) is 4.72 Å². The van der Waals surface area contributed by atoms with E-state index in [4.69, 9.17) is 22.7 Å². The van der Waals surface area contributed by atoms with Gasteiger partial charge in [-0.05, 0) is 25.0 Å². The fourth-order valence-corrected chi connectivity index (χ4v) is 3.72. The van der Waals surface area contributed by atoms with Crippen molar-refractivity contribution in [2.45, 2.75) is 17.1 Å². The van der Waals surface area contributed by atoms with Crippen molar-refractivity contribution in [1.82, 2.24) is 4.72 Å². The van der Waals surface area contributed by atoms with Crippen LogP contribution in [0.25, 0.3) is 0 Å². The van der Waals surface area contributed by atoms with Crippen LogP contribution in [0, 0.1) is 0 Å². The van der Waals surface area contributed by atoms with Crippen LogP contribution in [0.2, 0.25) is 0 Å². The Bertz CT molecular complexity index is 496. The van der Waals surface area contributed by atoms with Crippen LogP contribution < -0.4 is 10.5 Å². The Kier molecular flexibility index (Phi) is 6.16. The fourth-order valence-electron chi connectivity index (χ4n) is 1.25. The maximum atomic E-state index is 11.9. The molecule has 1 aromatic rings. The molecule has 0 radical (unpaired) electrons. The van der Waals surface area contributed by atoms with Crippen LogP contribution in [0.1, 0.15) is 17.7 Å². The van der Waals surface area contributed by atoms with Gasteiger partial charge in [-0.2, -0.15) is 0 Å². The van der Waals surface area contributed by atoms with Gasteiger partial charge in [0.2, 0.25) is 10.0 Å². The summed E-state index contributed by atoms with van der Waals surface area (Å²) in [5.74, 6) is 0. The number of sulfonamides is 1. The van der Waals surface area contributed by atoms with Crippen molar-refractivity contribution >= 4 is 38.6 Å². The van der Waals surface area contributed by atoms with E-state index >= 15 is 0 Å². The summed E-state index contributed by atoms with van der Waals surface area (Å²) in [6.45, 7) is 1.03. The predicted octanol–water partition coefficient (Wildman–Crippen LogP) is 1.09. The first-order valence-electron chi connectivity index (χ1n) is 5.35. The molecule has 0 aliphatic carbocycles. The highest BCUT2D eigenvalue weighted by molar-refractivity contribution is 7.91. The van der Waals surface area contributed by atoms with Crippen LogP contribution in [0.15, 0.2) is 16.3 Å². The molecule has 0 bridgehead atoms. The van der Waals surface area contributed by atoms with Gasteiger partial charge in [-0.1, -0.05) is 12.2 Å². The summed E-state index contributed by atoms with van der Waals surface area (Å²) in [5.41, 5.74) is 5.44. The highest BCUT2D eigenvalue weighted by Gasteiger charge is 2.16. The Morgan fingerprint density at radius 1 is 1.50 bits per heavy atom. The first kappa shape index (κ1) is 15.5. The largest absolute Gasteiger partial charge is 0.389 e. The van der Waals surface area contributed by atoms with Crippen LogP contribution in [0.4, 0.5) is 0 Å². The Hall–Kier alpha value is -0.540. The van der Waals surface area contributed by atoms with E-state index in [1.807, 2.05) is 0 Å². The number of thiocarbonyl (C=S) groups is 1. The van der Waals surface area contributed by atoms with Crippen molar-refractivity contribution in [2.75, 3.05) is 20.3 Å². The van der Waals surface area contributed by atoms with Crippen molar-refractivity contribution in [3.05, 3.63) is 17.0 Å². The third-order valence-corrected chi connectivity index (χ3v) is 5.58. The lowest BCUT2D eigenvalue weighted by molar-refractivity contribution is 0.193. The zero-order valence-corrected chi connectivity index (χ0v) is 12.5. The predicted molar refractivity (Wildman–Crippen MR) is 76.5 cm³/mol. The molecule has 102 valence electrons. The highest BCUT2D eigenvalue weighted by Crippen LogP contribution is 2.21. The number of hydrogen-bond acceptors (Lipinski definition) is 5. The molecule has 5 nitrogen and oxygen atoms in total. The van der Waals surface area contributed by atoms with Gasteiger partial charge in [-0.15, -0.1) is 11.3 Å². The van der Waals surface area contributed by atoms with Crippen LogP contribution >= 0.6 is 23.6 Å². The Balaban J connectivity index is 2.54. The van der Waals surface area contributed by atoms with Gasteiger partial charge in [0.15, 0.2) is 0 Å². The van der Waals surface area contributed by atoms with E-state index in [9.17, 15) is 8.42 Å². The summed E-state index contributed by atoms with van der Waals surface area (Å²) in [4.78, 5) is 0.811. The average Bonchev–Trinajstić information content (AvgIpc) is 2.78. The van der Waals surface area contributed by atoms with Gasteiger partial charge in [0.05, 0.1) is 4.88 Å². The number of rotatable bonds is 8. The quantitative estimate of drug-likeness (QED) is 0.555. The second kappa shape index (κ2) is 7.15. The Morgan fingerprint density at radius 2 is 2.22 bits per heavy atom. The third-order valence-electron chi connectivity index (χ3n) is 2.16. The van der Waals surface area contributed by atoms with Crippen LogP contribution in [-0.4, -0.2) is 33.7 Å². The number of nitrogens with one attached hydrogen (secondary N) is 1. The third kappa shape index (κ3) is 4.62. The molecule has 0 atom stereocenters. The van der Waals surface area contributed by atoms with E-state index in [-0.39, 0.29) is 9.20 Å². The van der Waals surface area contributed by atoms with E-state index in [1.54, 1.807) is 13.2 Å². The number of ether oxygens (including phenoxy) is 1. The summed E-state index contributed by atoms with van der Waals surface area (Å²) in [6.07, 6.45) is 1.56. The summed E-state index contributed by atoms with van der Waals surface area (Å²) < 4.78 is 31.4. The molecule has 0 spiro atoms. The molecule has 0 fully saturated rings. The molecule has 0 saturated carbocycles. The molecule has 0 amide bonds. The smallest absolute Gasteiger partial charge is 0.250 e. The van der Waals surface area contributed by atoms with Crippen LogP contribution in [0.3, 0.4) is 0 Å². The van der Waals surface area contributed by atoms with Gasteiger partial charge in [0.1, 0.15) is 9.20 Å². The van der Waals surface area contributed by atoms with E-state index in [1.165, 1.54) is 6.07 Å². The minimum atomic E-state index is -3.45. The number of unbranched alkanes of at least 4 members (excludes halogenated alkanes) is 1. The standard InChI is InChI=1S/C10H16N2O3S3/c1-15-7-3-2-6-12-18(13,14)9-5-4-8(17-9)10(11)16/h4-5,12H,2-3,6-7H2,1H3,(H2,11,16). The number of methoxy groups -OCH3 is 1. The van der Waals surface area contributed by atoms with Gasteiger partial charge in [0, 0.05) is 20.3 Å². The molecule has 0 saturated heterocycles. The van der Waals surface area contributed by atoms with Gasteiger partial charge in [0.25, 0.3) is 0 Å². The lowest BCUT2D eigenvalue weighted by Crippen LogP contribution is -2.24. The number of hydrogen-bond donors (Lipinski definition) is 2. The van der Waals surface area contributed by atoms with Crippen LogP contribution in [0.5, 0.6) is 0 Å². The maximum absolute atomic E-state index is 11.9. The number of nitrogens with two attached hydrogens (primary N) is 1. The molecule has 0 aliphatic rings. The molecule has 1 rings (SSSR count). The van der Waals surface area contributed by atoms with E-state index in [0.29, 0.717) is 18.0 Å². The highest BCUT2D eigenvalue weighted by atomic mass is 32.2. The zero-order chi connectivity index (χ0) is 13.6. The minimum absolute atomic E-state index is 0.210. The zero-order valence-electron chi connectivity index (χ0n) is 10.0. The monoisotopic (exact) mass is 308 g/mol. The molecule has 1 heterocycles. The minimum Gasteiger partial charge on any atom is -0.389 e. The Morgan fingerprint density at radius 3 is 2.78 bits per heavy atom. The van der Waals surface area contributed by atoms with Gasteiger partial charge >= 0.3 is 0 Å². The van der Waals surface area contributed by atoms with Crippen LogP contribution in [-0.2, 0) is 14.8 Å². The van der Waals surface area contributed by atoms with Gasteiger partial charge in [-0.3, -0.25) is 0 Å². The lowest BCUT2D eigenvalue weighted by atomic mass is 10.3. The molecule has 18 heavy (non-hydrogen) atoms. The lowest BCUT2D eigenvalue weighted by Gasteiger charge is -2.04. The normalized spacial score (nSPS) is 11.6. The molecule has 0 aromatic carbocycles. The molecule has 3 N–H and O–H groups in total. The summed E-state index contributed by atoms with van der Waals surface area (Å²) in [7, 11) is -1.83. The van der Waals surface area contributed by atoms with Crippen molar-refractivity contribution in [3.8, 4) is 0 Å². The maximum Gasteiger partial charge on any atom is 0.250 e. The number of thiophene rings is 1. The molecule has 1 aromatic heterocycles. The van der Waals surface area contributed by atoms with Crippen molar-refractivity contribution in [2.24, 2.45) is 5.73 Å². The fraction of sp³-hybridized carbons (Fsp3) is 0.500. The molecule has 0 unspecified atom stereocenters.